The normalized spacial score (nSPS) is 15.9. The molecule has 8 nitrogen and oxygen atoms in total. The van der Waals surface area contributed by atoms with Gasteiger partial charge in [0.2, 0.25) is 10.0 Å². The van der Waals surface area contributed by atoms with E-state index in [0.29, 0.717) is 43.1 Å². The topological polar surface area (TPSA) is 95.6 Å². The number of H-pyrrole nitrogens is 1. The van der Waals surface area contributed by atoms with Crippen molar-refractivity contribution in [1.82, 2.24) is 14.5 Å². The fourth-order valence-electron chi connectivity index (χ4n) is 3.18. The smallest absolute Gasteiger partial charge is 0.337 e. The van der Waals surface area contributed by atoms with Crippen LogP contribution in [0.15, 0.2) is 29.2 Å². The van der Waals surface area contributed by atoms with Gasteiger partial charge in [0.1, 0.15) is 4.90 Å². The van der Waals surface area contributed by atoms with Crippen molar-refractivity contribution in [3.8, 4) is 0 Å². The monoisotopic (exact) mass is 378 g/mol. The van der Waals surface area contributed by atoms with Crippen LogP contribution in [-0.2, 0) is 14.8 Å². The Morgan fingerprint density at radius 2 is 1.88 bits per heavy atom. The summed E-state index contributed by atoms with van der Waals surface area (Å²) in [7, 11) is -2.23. The van der Waals surface area contributed by atoms with Crippen LogP contribution in [0.25, 0.3) is 0 Å². The number of aromatic nitrogens is 2. The van der Waals surface area contributed by atoms with Gasteiger partial charge in [0.25, 0.3) is 0 Å². The number of piperazine rings is 1. The summed E-state index contributed by atoms with van der Waals surface area (Å²) in [5, 5.41) is 6.72. The Balaban J connectivity index is 1.75. The molecule has 1 aromatic heterocycles. The zero-order valence-corrected chi connectivity index (χ0v) is 15.8. The van der Waals surface area contributed by atoms with Crippen molar-refractivity contribution >= 4 is 21.7 Å². The van der Waals surface area contributed by atoms with Gasteiger partial charge in [-0.05, 0) is 32.0 Å². The third-order valence-corrected chi connectivity index (χ3v) is 6.69. The van der Waals surface area contributed by atoms with E-state index in [2.05, 4.69) is 15.1 Å². The first-order valence-electron chi connectivity index (χ1n) is 8.29. The number of methoxy groups -OCH3 is 1. The molecule has 0 bridgehead atoms. The molecule has 26 heavy (non-hydrogen) atoms. The fraction of sp³-hybridized carbons (Fsp3) is 0.412. The Kier molecular flexibility index (Phi) is 5.01. The maximum absolute atomic E-state index is 12.9. The first-order chi connectivity index (χ1) is 12.3. The van der Waals surface area contributed by atoms with Gasteiger partial charge in [-0.3, -0.25) is 5.10 Å². The largest absolute Gasteiger partial charge is 0.465 e. The molecule has 3 rings (SSSR count). The predicted octanol–water partition coefficient (Wildman–Crippen LogP) is 1.32. The van der Waals surface area contributed by atoms with Crippen LogP contribution < -0.4 is 4.90 Å². The molecule has 1 saturated heterocycles. The number of rotatable bonds is 4. The molecule has 9 heteroatoms. The van der Waals surface area contributed by atoms with Crippen LogP contribution >= 0.6 is 0 Å². The average Bonchev–Trinajstić information content (AvgIpc) is 3.00. The number of hydrogen-bond donors (Lipinski definition) is 1. The lowest BCUT2D eigenvalue weighted by Crippen LogP contribution is -2.48. The summed E-state index contributed by atoms with van der Waals surface area (Å²) in [5.74, 6) is -0.390. The van der Waals surface area contributed by atoms with Crippen LogP contribution in [0, 0.1) is 13.8 Å². The number of anilines is 1. The number of carbonyl (C=O) groups is 1. The second kappa shape index (κ2) is 7.08. The lowest BCUT2D eigenvalue weighted by molar-refractivity contribution is 0.0600. The number of aryl methyl sites for hydroxylation is 2. The van der Waals surface area contributed by atoms with Gasteiger partial charge in [0.15, 0.2) is 0 Å². The maximum Gasteiger partial charge on any atom is 0.337 e. The molecular formula is C17H22N4O4S. The van der Waals surface area contributed by atoms with E-state index in [1.165, 1.54) is 11.4 Å². The van der Waals surface area contributed by atoms with E-state index in [-0.39, 0.29) is 10.9 Å². The molecule has 2 heterocycles. The summed E-state index contributed by atoms with van der Waals surface area (Å²) >= 11 is 0. The highest BCUT2D eigenvalue weighted by atomic mass is 32.2. The van der Waals surface area contributed by atoms with Crippen molar-refractivity contribution in [2.24, 2.45) is 0 Å². The van der Waals surface area contributed by atoms with Gasteiger partial charge in [0.05, 0.1) is 24.1 Å². The molecule has 0 spiro atoms. The molecule has 1 N–H and O–H groups in total. The number of esters is 1. The van der Waals surface area contributed by atoms with Gasteiger partial charge in [-0.1, -0.05) is 6.07 Å². The van der Waals surface area contributed by atoms with E-state index in [1.54, 1.807) is 32.0 Å². The van der Waals surface area contributed by atoms with Crippen LogP contribution in [0.1, 0.15) is 21.7 Å². The second-order valence-electron chi connectivity index (χ2n) is 6.20. The van der Waals surface area contributed by atoms with Crippen LogP contribution in [0.5, 0.6) is 0 Å². The highest BCUT2D eigenvalue weighted by Crippen LogP contribution is 2.25. The number of sulfonamides is 1. The Labute approximate surface area is 152 Å². The quantitative estimate of drug-likeness (QED) is 0.807. The molecule has 1 fully saturated rings. The van der Waals surface area contributed by atoms with Crippen LogP contribution in [0.4, 0.5) is 5.69 Å². The first-order valence-corrected chi connectivity index (χ1v) is 9.73. The summed E-state index contributed by atoms with van der Waals surface area (Å²) in [6, 6.07) is 7.16. The minimum absolute atomic E-state index is 0.263. The number of ether oxygens (including phenoxy) is 1. The Bertz CT molecular complexity index is 895. The second-order valence-corrected chi connectivity index (χ2v) is 8.07. The fourth-order valence-corrected chi connectivity index (χ4v) is 4.94. The van der Waals surface area contributed by atoms with Gasteiger partial charge in [-0.2, -0.15) is 9.40 Å². The van der Waals surface area contributed by atoms with E-state index in [0.717, 1.165) is 5.69 Å². The highest BCUT2D eigenvalue weighted by molar-refractivity contribution is 7.89. The van der Waals surface area contributed by atoms with Crippen molar-refractivity contribution in [1.29, 1.82) is 0 Å². The number of aromatic amines is 1. The summed E-state index contributed by atoms with van der Waals surface area (Å²) in [5.41, 5.74) is 2.39. The summed E-state index contributed by atoms with van der Waals surface area (Å²) in [4.78, 5) is 14.0. The number of hydrogen-bond acceptors (Lipinski definition) is 6. The lowest BCUT2D eigenvalue weighted by atomic mass is 10.2. The maximum atomic E-state index is 12.9. The minimum atomic E-state index is -3.57. The van der Waals surface area contributed by atoms with Gasteiger partial charge in [-0.25, -0.2) is 13.2 Å². The molecule has 2 aromatic rings. The number of nitrogens with one attached hydrogen (secondary N) is 1. The van der Waals surface area contributed by atoms with E-state index in [1.807, 2.05) is 6.07 Å². The molecule has 0 unspecified atom stereocenters. The molecule has 0 aliphatic carbocycles. The third-order valence-electron chi connectivity index (χ3n) is 4.53. The highest BCUT2D eigenvalue weighted by Gasteiger charge is 2.32. The van der Waals surface area contributed by atoms with Crippen LogP contribution in [-0.4, -0.2) is 62.2 Å². The number of nitrogens with zero attached hydrogens (tertiary/aromatic N) is 3. The zero-order chi connectivity index (χ0) is 18.9. The van der Waals surface area contributed by atoms with Gasteiger partial charge < -0.3 is 9.64 Å². The summed E-state index contributed by atoms with van der Waals surface area (Å²) in [6.07, 6.45) is 0. The van der Waals surface area contributed by atoms with E-state index >= 15 is 0 Å². The number of carbonyl (C=O) groups excluding carboxylic acids is 1. The van der Waals surface area contributed by atoms with Gasteiger partial charge in [-0.15, -0.1) is 0 Å². The number of benzene rings is 1. The molecule has 0 atom stereocenters. The Morgan fingerprint density at radius 3 is 2.46 bits per heavy atom. The van der Waals surface area contributed by atoms with E-state index in [9.17, 15) is 13.2 Å². The Morgan fingerprint density at radius 1 is 1.19 bits per heavy atom. The molecule has 140 valence electrons. The molecule has 1 aromatic carbocycles. The molecule has 1 aliphatic heterocycles. The van der Waals surface area contributed by atoms with Gasteiger partial charge in [0, 0.05) is 31.9 Å². The SMILES string of the molecule is COC(=O)c1cccc(N2CCN(S(=O)(=O)c3c(C)n[nH]c3C)CC2)c1. The van der Waals surface area contributed by atoms with Gasteiger partial charge >= 0.3 is 5.97 Å². The molecule has 1 aliphatic rings. The van der Waals surface area contributed by atoms with Crippen LogP contribution in [0.2, 0.25) is 0 Å². The summed E-state index contributed by atoms with van der Waals surface area (Å²) in [6.45, 7) is 5.22. The van der Waals surface area contributed by atoms with E-state index < -0.39 is 10.0 Å². The van der Waals surface area contributed by atoms with E-state index in [4.69, 9.17) is 4.74 Å². The lowest BCUT2D eigenvalue weighted by Gasteiger charge is -2.35. The third kappa shape index (κ3) is 3.32. The van der Waals surface area contributed by atoms with Crippen molar-refractivity contribution in [3.63, 3.8) is 0 Å². The molecule has 0 radical (unpaired) electrons. The Hall–Kier alpha value is -2.39. The average molecular weight is 378 g/mol. The molecular weight excluding hydrogens is 356 g/mol. The zero-order valence-electron chi connectivity index (χ0n) is 15.0. The van der Waals surface area contributed by atoms with Crippen molar-refractivity contribution < 1.29 is 17.9 Å². The standard InChI is InChI=1S/C17H22N4O4S/c1-12-16(13(2)19-18-12)26(23,24)21-9-7-20(8-10-21)15-6-4-5-14(11-15)17(22)25-3/h4-6,11H,7-10H2,1-3H3,(H,18,19). The summed E-state index contributed by atoms with van der Waals surface area (Å²) < 4.78 is 32.0. The first kappa shape index (κ1) is 18.4. The molecule has 0 amide bonds. The van der Waals surface area contributed by atoms with Crippen LogP contribution in [0.3, 0.4) is 0 Å². The predicted molar refractivity (Wildman–Crippen MR) is 96.8 cm³/mol. The van der Waals surface area contributed by atoms with Crippen molar-refractivity contribution in [2.75, 3.05) is 38.2 Å². The van der Waals surface area contributed by atoms with Crippen molar-refractivity contribution in [3.05, 3.63) is 41.2 Å². The molecule has 0 saturated carbocycles. The van der Waals surface area contributed by atoms with Crippen molar-refractivity contribution in [2.45, 2.75) is 18.7 Å². The minimum Gasteiger partial charge on any atom is -0.465 e.